The van der Waals surface area contributed by atoms with Gasteiger partial charge in [-0.25, -0.2) is 8.42 Å². The van der Waals surface area contributed by atoms with Gasteiger partial charge in [-0.05, 0) is 30.5 Å². The first-order valence-corrected chi connectivity index (χ1v) is 7.61. The maximum Gasteiger partial charge on any atom is 0.244 e. The lowest BCUT2D eigenvalue weighted by Gasteiger charge is -2.17. The molecule has 1 aliphatic heterocycles. The number of nitriles is 1. The highest BCUT2D eigenvalue weighted by Crippen LogP contribution is 2.27. The number of aliphatic hydroxyl groups excluding tert-OH is 1. The first-order chi connectivity index (χ1) is 8.98. The Kier molecular flexibility index (Phi) is 4.11. The van der Waals surface area contributed by atoms with Crippen molar-refractivity contribution in [1.82, 2.24) is 4.31 Å². The largest absolute Gasteiger partial charge is 0.396 e. The number of halogens is 1. The predicted octanol–water partition coefficient (Wildman–Crippen LogP) is 1.21. The number of aliphatic hydroxyl groups is 1. The molecule has 1 heterocycles. The Balaban J connectivity index is 2.41. The number of benzene rings is 1. The summed E-state index contributed by atoms with van der Waals surface area (Å²) in [5.74, 6) is -0.0421. The fourth-order valence-corrected chi connectivity index (χ4v) is 4.04. The smallest absolute Gasteiger partial charge is 0.244 e. The lowest BCUT2D eigenvalue weighted by atomic mass is 10.1. The quantitative estimate of drug-likeness (QED) is 0.910. The standard InChI is InChI=1S/C12H13ClN2O3S/c13-11-2-1-10(6-14)12(5-11)19(17,18)15-4-3-9(7-15)8-16/h1-2,5,9,16H,3-4,7-8H2. The molecule has 1 unspecified atom stereocenters. The molecule has 0 aliphatic carbocycles. The third-order valence-electron chi connectivity index (χ3n) is 3.19. The van der Waals surface area contributed by atoms with Gasteiger partial charge in [0.05, 0.1) is 5.56 Å². The van der Waals surface area contributed by atoms with E-state index in [1.54, 1.807) is 0 Å². The van der Waals surface area contributed by atoms with E-state index in [9.17, 15) is 8.42 Å². The molecule has 102 valence electrons. The van der Waals surface area contributed by atoms with E-state index in [1.165, 1.54) is 22.5 Å². The Morgan fingerprint density at radius 2 is 2.26 bits per heavy atom. The number of nitrogens with zero attached hydrogens (tertiary/aromatic N) is 2. The Bertz CT molecular complexity index is 624. The maximum absolute atomic E-state index is 12.5. The van der Waals surface area contributed by atoms with Gasteiger partial charge in [-0.3, -0.25) is 0 Å². The molecule has 0 amide bonds. The summed E-state index contributed by atoms with van der Waals surface area (Å²) in [5, 5.41) is 18.3. The second-order valence-electron chi connectivity index (χ2n) is 4.45. The van der Waals surface area contributed by atoms with E-state index in [-0.39, 0.29) is 34.6 Å². The molecule has 1 aromatic rings. The molecular formula is C12H13ClN2O3S. The topological polar surface area (TPSA) is 81.4 Å². The van der Waals surface area contributed by atoms with Gasteiger partial charge in [-0.15, -0.1) is 0 Å². The summed E-state index contributed by atoms with van der Waals surface area (Å²) < 4.78 is 26.2. The van der Waals surface area contributed by atoms with Gasteiger partial charge in [0.2, 0.25) is 10.0 Å². The van der Waals surface area contributed by atoms with Crippen molar-refractivity contribution in [2.75, 3.05) is 19.7 Å². The summed E-state index contributed by atoms with van der Waals surface area (Å²) in [4.78, 5) is -0.0684. The van der Waals surface area contributed by atoms with Crippen LogP contribution in [0.2, 0.25) is 5.02 Å². The van der Waals surface area contributed by atoms with Gasteiger partial charge in [0.1, 0.15) is 11.0 Å². The van der Waals surface area contributed by atoms with Gasteiger partial charge in [-0.1, -0.05) is 11.6 Å². The normalized spacial score (nSPS) is 20.4. The summed E-state index contributed by atoms with van der Waals surface area (Å²) in [6.07, 6.45) is 0.623. The summed E-state index contributed by atoms with van der Waals surface area (Å²) in [7, 11) is -3.73. The molecule has 5 nitrogen and oxygen atoms in total. The summed E-state index contributed by atoms with van der Waals surface area (Å²) in [5.41, 5.74) is 0.0804. The third kappa shape index (κ3) is 2.74. The number of rotatable bonds is 3. The van der Waals surface area contributed by atoms with Crippen LogP contribution in [0.4, 0.5) is 0 Å². The average molecular weight is 301 g/mol. The Morgan fingerprint density at radius 3 is 2.84 bits per heavy atom. The monoisotopic (exact) mass is 300 g/mol. The number of hydrogen-bond donors (Lipinski definition) is 1. The molecule has 1 N–H and O–H groups in total. The van der Waals surface area contributed by atoms with E-state index in [2.05, 4.69) is 0 Å². The van der Waals surface area contributed by atoms with Crippen LogP contribution in [0.25, 0.3) is 0 Å². The first-order valence-electron chi connectivity index (χ1n) is 5.79. The fourth-order valence-electron chi connectivity index (χ4n) is 2.11. The van der Waals surface area contributed by atoms with Crippen molar-refractivity contribution in [3.63, 3.8) is 0 Å². The number of sulfonamides is 1. The first kappa shape index (κ1) is 14.3. The Labute approximate surface area is 117 Å². The molecule has 7 heteroatoms. The maximum atomic E-state index is 12.5. The van der Waals surface area contributed by atoms with E-state index in [1.807, 2.05) is 6.07 Å². The minimum absolute atomic E-state index is 0.0350. The van der Waals surface area contributed by atoms with Crippen LogP contribution in [0.3, 0.4) is 0 Å². The van der Waals surface area contributed by atoms with E-state index >= 15 is 0 Å². The lowest BCUT2D eigenvalue weighted by molar-refractivity contribution is 0.233. The summed E-state index contributed by atoms with van der Waals surface area (Å²) in [6.45, 7) is 0.591. The molecule has 1 aliphatic rings. The number of hydrogen-bond acceptors (Lipinski definition) is 4. The zero-order chi connectivity index (χ0) is 14.0. The van der Waals surface area contributed by atoms with Gasteiger partial charge >= 0.3 is 0 Å². The molecule has 0 radical (unpaired) electrons. The van der Waals surface area contributed by atoms with Crippen LogP contribution in [-0.4, -0.2) is 37.5 Å². The van der Waals surface area contributed by atoms with Crippen LogP contribution in [0, 0.1) is 17.2 Å². The molecule has 19 heavy (non-hydrogen) atoms. The van der Waals surface area contributed by atoms with Crippen molar-refractivity contribution in [1.29, 1.82) is 5.26 Å². The van der Waals surface area contributed by atoms with E-state index in [4.69, 9.17) is 22.0 Å². The molecule has 1 atom stereocenters. The third-order valence-corrected chi connectivity index (χ3v) is 5.33. The molecular weight excluding hydrogens is 288 g/mol. The van der Waals surface area contributed by atoms with Crippen LogP contribution in [0.15, 0.2) is 23.1 Å². The molecule has 1 fully saturated rings. The fraction of sp³-hybridized carbons (Fsp3) is 0.417. The van der Waals surface area contributed by atoms with E-state index in [0.29, 0.717) is 13.0 Å². The van der Waals surface area contributed by atoms with E-state index in [0.717, 1.165) is 0 Å². The van der Waals surface area contributed by atoms with Gasteiger partial charge in [-0.2, -0.15) is 9.57 Å². The zero-order valence-electron chi connectivity index (χ0n) is 10.1. The van der Waals surface area contributed by atoms with Crippen molar-refractivity contribution >= 4 is 21.6 Å². The second-order valence-corrected chi connectivity index (χ2v) is 6.80. The summed E-state index contributed by atoms with van der Waals surface area (Å²) >= 11 is 5.81. The Morgan fingerprint density at radius 1 is 1.53 bits per heavy atom. The highest BCUT2D eigenvalue weighted by molar-refractivity contribution is 7.89. The van der Waals surface area contributed by atoms with Crippen molar-refractivity contribution < 1.29 is 13.5 Å². The van der Waals surface area contributed by atoms with Gasteiger partial charge in [0, 0.05) is 24.7 Å². The summed E-state index contributed by atoms with van der Waals surface area (Å²) in [6, 6.07) is 6.04. The van der Waals surface area contributed by atoms with Crippen LogP contribution in [0.1, 0.15) is 12.0 Å². The van der Waals surface area contributed by atoms with Crippen LogP contribution in [0.5, 0.6) is 0 Å². The van der Waals surface area contributed by atoms with Crippen LogP contribution >= 0.6 is 11.6 Å². The molecule has 0 aromatic heterocycles. The average Bonchev–Trinajstić information content (AvgIpc) is 2.88. The highest BCUT2D eigenvalue weighted by atomic mass is 35.5. The SMILES string of the molecule is N#Cc1ccc(Cl)cc1S(=O)(=O)N1CCC(CO)C1. The second kappa shape index (κ2) is 5.47. The van der Waals surface area contributed by atoms with Gasteiger partial charge in [0.15, 0.2) is 0 Å². The van der Waals surface area contributed by atoms with Crippen molar-refractivity contribution in [3.8, 4) is 6.07 Å². The zero-order valence-corrected chi connectivity index (χ0v) is 11.7. The lowest BCUT2D eigenvalue weighted by Crippen LogP contribution is -2.29. The molecule has 2 rings (SSSR count). The highest BCUT2D eigenvalue weighted by Gasteiger charge is 2.33. The van der Waals surface area contributed by atoms with Crippen LogP contribution in [-0.2, 0) is 10.0 Å². The Hall–Kier alpha value is -1.13. The van der Waals surface area contributed by atoms with Crippen molar-refractivity contribution in [2.24, 2.45) is 5.92 Å². The van der Waals surface area contributed by atoms with Gasteiger partial charge in [0.25, 0.3) is 0 Å². The molecule has 0 bridgehead atoms. The minimum Gasteiger partial charge on any atom is -0.396 e. The van der Waals surface area contributed by atoms with Gasteiger partial charge < -0.3 is 5.11 Å². The molecule has 0 spiro atoms. The van der Waals surface area contributed by atoms with Crippen molar-refractivity contribution in [2.45, 2.75) is 11.3 Å². The molecule has 1 saturated heterocycles. The minimum atomic E-state index is -3.73. The van der Waals surface area contributed by atoms with E-state index < -0.39 is 10.0 Å². The molecule has 0 saturated carbocycles. The predicted molar refractivity (Wildman–Crippen MR) is 70.1 cm³/mol. The van der Waals surface area contributed by atoms with Crippen molar-refractivity contribution in [3.05, 3.63) is 28.8 Å². The van der Waals surface area contributed by atoms with Crippen LogP contribution < -0.4 is 0 Å². The molecule has 1 aromatic carbocycles.